The number of carbonyl (C=O) groups is 2. The van der Waals surface area contributed by atoms with E-state index in [1.807, 2.05) is 0 Å². The van der Waals surface area contributed by atoms with Crippen LogP contribution in [0.2, 0.25) is 5.02 Å². The fourth-order valence-corrected chi connectivity index (χ4v) is 5.30. The van der Waals surface area contributed by atoms with Gasteiger partial charge in [-0.25, -0.2) is 0 Å². The van der Waals surface area contributed by atoms with Gasteiger partial charge in [0.2, 0.25) is 0 Å². The Morgan fingerprint density at radius 2 is 1.88 bits per heavy atom. The number of rotatable bonds is 5. The number of hydrogen-bond acceptors (Lipinski definition) is 6. The number of hydrogen-bond donors (Lipinski definition) is 1. The molecule has 34 heavy (non-hydrogen) atoms. The first-order valence-corrected chi connectivity index (χ1v) is 11.7. The van der Waals surface area contributed by atoms with E-state index in [-0.39, 0.29) is 58.7 Å². The summed E-state index contributed by atoms with van der Waals surface area (Å²) in [4.78, 5) is 24.1. The maximum absolute atomic E-state index is 12.7. The summed E-state index contributed by atoms with van der Waals surface area (Å²) in [6, 6.07) is 9.95. The van der Waals surface area contributed by atoms with Gasteiger partial charge in [0.1, 0.15) is 17.2 Å². The molecule has 1 amide bonds. The van der Waals surface area contributed by atoms with Gasteiger partial charge >= 0.3 is 29.6 Å². The molecule has 2 atom stereocenters. The van der Waals surface area contributed by atoms with E-state index in [0.29, 0.717) is 41.4 Å². The zero-order chi connectivity index (χ0) is 23.0. The number of nitrogens with one attached hydrogen (secondary N) is 1. The molecular formula is C25H25ClNNaO6. The average Bonchev–Trinajstić information content (AvgIpc) is 3.43. The SMILES string of the molecule is O=C(NC1COC2(CCCC2)C1)c1ccc(Oc2cc3c(cc2Cl)C(C(=O)[O-])CCO3)cc1.[Na+]. The van der Waals surface area contributed by atoms with E-state index in [1.165, 1.54) is 12.8 Å². The summed E-state index contributed by atoms with van der Waals surface area (Å²) >= 11 is 6.34. The molecule has 3 aliphatic rings. The largest absolute Gasteiger partial charge is 1.00 e. The molecule has 0 aromatic heterocycles. The normalized spacial score (nSPS) is 22.4. The van der Waals surface area contributed by atoms with E-state index in [4.69, 9.17) is 25.8 Å². The Kier molecular flexibility index (Phi) is 7.79. The first kappa shape index (κ1) is 25.3. The van der Waals surface area contributed by atoms with Crippen molar-refractivity contribution in [1.29, 1.82) is 0 Å². The summed E-state index contributed by atoms with van der Waals surface area (Å²) < 4.78 is 17.5. The third-order valence-electron chi connectivity index (χ3n) is 6.79. The van der Waals surface area contributed by atoms with Gasteiger partial charge in [-0.15, -0.1) is 0 Å². The van der Waals surface area contributed by atoms with Crippen molar-refractivity contribution >= 4 is 23.5 Å². The Balaban J connectivity index is 0.00000274. The van der Waals surface area contributed by atoms with Gasteiger partial charge in [0.25, 0.3) is 5.91 Å². The van der Waals surface area contributed by atoms with Gasteiger partial charge in [0.15, 0.2) is 0 Å². The predicted molar refractivity (Wildman–Crippen MR) is 119 cm³/mol. The van der Waals surface area contributed by atoms with Crippen LogP contribution in [0, 0.1) is 0 Å². The minimum absolute atomic E-state index is 0. The number of halogens is 1. The minimum atomic E-state index is -1.15. The topological polar surface area (TPSA) is 96.9 Å². The average molecular weight is 494 g/mol. The molecule has 5 rings (SSSR count). The van der Waals surface area contributed by atoms with E-state index in [9.17, 15) is 14.7 Å². The zero-order valence-electron chi connectivity index (χ0n) is 19.1. The van der Waals surface area contributed by atoms with Gasteiger partial charge in [-0.2, -0.15) is 0 Å². The number of ether oxygens (including phenoxy) is 3. The van der Waals surface area contributed by atoms with Gasteiger partial charge in [-0.3, -0.25) is 4.79 Å². The van der Waals surface area contributed by atoms with E-state index in [0.717, 1.165) is 19.3 Å². The van der Waals surface area contributed by atoms with Crippen LogP contribution in [-0.2, 0) is 9.53 Å². The van der Waals surface area contributed by atoms with Gasteiger partial charge in [0.05, 0.1) is 29.9 Å². The first-order chi connectivity index (χ1) is 15.9. The standard InChI is InChI=1S/C25H26ClNO6.Na/c26-20-11-19-18(24(29)30)7-10-31-21(19)12-22(20)33-17-5-3-15(4-6-17)23(28)27-16-13-25(32-14-16)8-1-2-9-25;/h3-6,11-12,16,18H,1-2,7-10,13-14H2,(H,27,28)(H,29,30);/q;+1/p-1. The smallest absolute Gasteiger partial charge is 0.549 e. The molecule has 1 spiro atoms. The molecule has 2 unspecified atom stereocenters. The van der Waals surface area contributed by atoms with Crippen LogP contribution in [0.1, 0.15) is 60.4 Å². The molecular weight excluding hydrogens is 469 g/mol. The third-order valence-corrected chi connectivity index (χ3v) is 7.09. The molecule has 1 N–H and O–H groups in total. The Labute approximate surface area is 225 Å². The number of carbonyl (C=O) groups excluding carboxylic acids is 2. The van der Waals surface area contributed by atoms with E-state index in [2.05, 4.69) is 5.32 Å². The van der Waals surface area contributed by atoms with Crippen LogP contribution in [0.25, 0.3) is 0 Å². The van der Waals surface area contributed by atoms with Crippen molar-refractivity contribution in [3.63, 3.8) is 0 Å². The van der Waals surface area contributed by atoms with Crippen molar-refractivity contribution in [2.75, 3.05) is 13.2 Å². The van der Waals surface area contributed by atoms with E-state index in [1.54, 1.807) is 36.4 Å². The molecule has 2 heterocycles. The Morgan fingerprint density at radius 3 is 2.59 bits per heavy atom. The molecule has 2 aromatic rings. The second-order valence-electron chi connectivity index (χ2n) is 9.03. The van der Waals surface area contributed by atoms with Crippen molar-refractivity contribution in [1.82, 2.24) is 5.32 Å². The fraction of sp³-hybridized carbons (Fsp3) is 0.440. The van der Waals surface area contributed by atoms with Crippen molar-refractivity contribution in [3.05, 3.63) is 52.5 Å². The molecule has 1 saturated heterocycles. The number of amides is 1. The van der Waals surface area contributed by atoms with Gasteiger partial charge in [-0.1, -0.05) is 24.4 Å². The van der Waals surface area contributed by atoms with Crippen LogP contribution in [0.4, 0.5) is 0 Å². The predicted octanol–water partition coefficient (Wildman–Crippen LogP) is 0.584. The zero-order valence-corrected chi connectivity index (χ0v) is 21.9. The fourth-order valence-electron chi connectivity index (χ4n) is 5.09. The molecule has 0 bridgehead atoms. The Hall–Kier alpha value is -1.77. The van der Waals surface area contributed by atoms with Crippen molar-refractivity contribution in [2.24, 2.45) is 0 Å². The first-order valence-electron chi connectivity index (χ1n) is 11.3. The molecule has 9 heteroatoms. The number of fused-ring (bicyclic) bond motifs is 1. The van der Waals surface area contributed by atoms with Crippen LogP contribution in [0.3, 0.4) is 0 Å². The van der Waals surface area contributed by atoms with Gasteiger partial charge in [0, 0.05) is 29.1 Å². The molecule has 0 radical (unpaired) electrons. The van der Waals surface area contributed by atoms with Crippen LogP contribution < -0.4 is 49.5 Å². The molecule has 1 aliphatic carbocycles. The molecule has 2 fully saturated rings. The van der Waals surface area contributed by atoms with Gasteiger partial charge in [-0.05, 0) is 56.0 Å². The maximum atomic E-state index is 12.7. The van der Waals surface area contributed by atoms with Crippen molar-refractivity contribution in [2.45, 2.75) is 56.1 Å². The van der Waals surface area contributed by atoms with Crippen LogP contribution in [0.15, 0.2) is 36.4 Å². The maximum Gasteiger partial charge on any atom is 1.00 e. The Bertz CT molecular complexity index is 1070. The van der Waals surface area contributed by atoms with Crippen molar-refractivity contribution < 1.29 is 58.5 Å². The monoisotopic (exact) mass is 493 g/mol. The van der Waals surface area contributed by atoms with Crippen LogP contribution in [0.5, 0.6) is 17.2 Å². The molecule has 2 aromatic carbocycles. The molecule has 2 aliphatic heterocycles. The quantitative estimate of drug-likeness (QED) is 0.612. The second-order valence-corrected chi connectivity index (χ2v) is 9.44. The summed E-state index contributed by atoms with van der Waals surface area (Å²) in [6.07, 6.45) is 5.76. The molecule has 174 valence electrons. The summed E-state index contributed by atoms with van der Waals surface area (Å²) in [5.74, 6) is -0.789. The number of aliphatic carboxylic acids is 1. The summed E-state index contributed by atoms with van der Waals surface area (Å²) in [5.41, 5.74) is 0.987. The van der Waals surface area contributed by atoms with Crippen LogP contribution >= 0.6 is 11.6 Å². The van der Waals surface area contributed by atoms with E-state index < -0.39 is 11.9 Å². The molecule has 7 nitrogen and oxygen atoms in total. The van der Waals surface area contributed by atoms with Gasteiger partial charge < -0.3 is 29.4 Å². The minimum Gasteiger partial charge on any atom is -0.549 e. The third kappa shape index (κ3) is 5.24. The van der Waals surface area contributed by atoms with Crippen LogP contribution in [-0.4, -0.2) is 36.7 Å². The van der Waals surface area contributed by atoms with Crippen molar-refractivity contribution in [3.8, 4) is 17.2 Å². The Morgan fingerprint density at radius 1 is 1.15 bits per heavy atom. The number of carboxylic acid groups (broad SMARTS) is 1. The second kappa shape index (κ2) is 10.5. The number of carboxylic acids is 1. The summed E-state index contributed by atoms with van der Waals surface area (Å²) in [5, 5.41) is 14.7. The number of benzene rings is 2. The molecule has 1 saturated carbocycles. The summed E-state index contributed by atoms with van der Waals surface area (Å²) in [6.45, 7) is 0.842. The summed E-state index contributed by atoms with van der Waals surface area (Å²) in [7, 11) is 0. The van der Waals surface area contributed by atoms with E-state index >= 15 is 0 Å².